The van der Waals surface area contributed by atoms with E-state index in [0.29, 0.717) is 17.8 Å². The number of aliphatic carboxylic acids is 1. The first-order valence-electron chi connectivity index (χ1n) is 6.17. The van der Waals surface area contributed by atoms with Crippen molar-refractivity contribution in [3.05, 3.63) is 22.4 Å². The van der Waals surface area contributed by atoms with Crippen LogP contribution in [-0.2, 0) is 4.79 Å². The van der Waals surface area contributed by atoms with Crippen molar-refractivity contribution < 1.29 is 14.7 Å². The predicted octanol–water partition coefficient (Wildman–Crippen LogP) is 3.04. The molecule has 3 heterocycles. The van der Waals surface area contributed by atoms with E-state index in [2.05, 4.69) is 0 Å². The van der Waals surface area contributed by atoms with Gasteiger partial charge in [-0.25, -0.2) is 4.79 Å². The van der Waals surface area contributed by atoms with Crippen LogP contribution in [0.3, 0.4) is 0 Å². The maximum Gasteiger partial charge on any atom is 0.326 e. The first-order valence-corrected chi connectivity index (χ1v) is 7.87. The first kappa shape index (κ1) is 12.6. The summed E-state index contributed by atoms with van der Waals surface area (Å²) in [5.74, 6) is -1.04. The third kappa shape index (κ3) is 2.26. The minimum absolute atomic E-state index is 0.138. The van der Waals surface area contributed by atoms with Gasteiger partial charge < -0.3 is 10.0 Å². The van der Waals surface area contributed by atoms with Crippen LogP contribution in [0.1, 0.15) is 28.9 Å². The van der Waals surface area contributed by atoms with Crippen molar-refractivity contribution in [1.29, 1.82) is 0 Å². The molecule has 0 saturated carbocycles. The SMILES string of the molecule is O=C(O)[C@@H]1CCCCN1C(=O)c1cc2sccc2s1. The fourth-order valence-electron chi connectivity index (χ4n) is 2.44. The summed E-state index contributed by atoms with van der Waals surface area (Å²) < 4.78 is 2.19. The molecule has 4 nitrogen and oxygen atoms in total. The van der Waals surface area contributed by atoms with Gasteiger partial charge in [-0.15, -0.1) is 22.7 Å². The maximum absolute atomic E-state index is 12.5. The number of carboxylic acids is 1. The molecule has 0 bridgehead atoms. The van der Waals surface area contributed by atoms with Gasteiger partial charge in [0.15, 0.2) is 0 Å². The first-order chi connectivity index (χ1) is 9.16. The number of piperidine rings is 1. The van der Waals surface area contributed by atoms with Crippen molar-refractivity contribution in [1.82, 2.24) is 4.90 Å². The molecule has 2 aromatic rings. The Bertz CT molecular complexity index is 602. The Kier molecular flexibility index (Phi) is 3.28. The number of hydrogen-bond acceptors (Lipinski definition) is 4. The molecule has 1 N–H and O–H groups in total. The lowest BCUT2D eigenvalue weighted by atomic mass is 10.0. The highest BCUT2D eigenvalue weighted by molar-refractivity contribution is 7.27. The van der Waals surface area contributed by atoms with Crippen LogP contribution in [0.25, 0.3) is 9.40 Å². The van der Waals surface area contributed by atoms with E-state index in [4.69, 9.17) is 0 Å². The van der Waals surface area contributed by atoms with E-state index in [1.165, 1.54) is 16.2 Å². The molecule has 0 unspecified atom stereocenters. The van der Waals surface area contributed by atoms with Crippen molar-refractivity contribution in [3.63, 3.8) is 0 Å². The summed E-state index contributed by atoms with van der Waals surface area (Å²) in [4.78, 5) is 25.9. The molecule has 1 atom stereocenters. The van der Waals surface area contributed by atoms with Gasteiger partial charge >= 0.3 is 5.97 Å². The van der Waals surface area contributed by atoms with E-state index < -0.39 is 12.0 Å². The van der Waals surface area contributed by atoms with E-state index >= 15 is 0 Å². The number of carboxylic acid groups (broad SMARTS) is 1. The molecule has 0 aromatic carbocycles. The molecule has 1 saturated heterocycles. The van der Waals surface area contributed by atoms with E-state index in [1.54, 1.807) is 11.3 Å². The second-order valence-corrected chi connectivity index (χ2v) is 6.64. The van der Waals surface area contributed by atoms with Gasteiger partial charge in [0.25, 0.3) is 5.91 Å². The molecule has 19 heavy (non-hydrogen) atoms. The molecule has 1 aliphatic heterocycles. The van der Waals surface area contributed by atoms with Crippen LogP contribution in [0, 0.1) is 0 Å². The Morgan fingerprint density at radius 3 is 2.89 bits per heavy atom. The topological polar surface area (TPSA) is 57.6 Å². The molecular weight excluding hydrogens is 282 g/mol. The molecule has 100 valence electrons. The van der Waals surface area contributed by atoms with Gasteiger partial charge in [-0.3, -0.25) is 4.79 Å². The number of rotatable bonds is 2. The lowest BCUT2D eigenvalue weighted by Gasteiger charge is -2.32. The number of amides is 1. The number of thiophene rings is 2. The summed E-state index contributed by atoms with van der Waals surface area (Å²) in [7, 11) is 0. The Balaban J connectivity index is 1.89. The Morgan fingerprint density at radius 2 is 2.16 bits per heavy atom. The van der Waals surface area contributed by atoms with Gasteiger partial charge in [-0.2, -0.15) is 0 Å². The van der Waals surface area contributed by atoms with Crippen LogP contribution in [0.5, 0.6) is 0 Å². The largest absolute Gasteiger partial charge is 0.480 e. The lowest BCUT2D eigenvalue weighted by molar-refractivity contribution is -0.143. The summed E-state index contributed by atoms with van der Waals surface area (Å²) in [6.07, 6.45) is 2.32. The smallest absolute Gasteiger partial charge is 0.326 e. The van der Waals surface area contributed by atoms with Gasteiger partial charge in [0, 0.05) is 15.9 Å². The van der Waals surface area contributed by atoms with Crippen LogP contribution in [0.2, 0.25) is 0 Å². The highest BCUT2D eigenvalue weighted by atomic mass is 32.1. The summed E-state index contributed by atoms with van der Waals surface area (Å²) in [6.45, 7) is 0.543. The van der Waals surface area contributed by atoms with Crippen molar-refractivity contribution in [2.75, 3.05) is 6.54 Å². The number of likely N-dealkylation sites (tertiary alicyclic amines) is 1. The average molecular weight is 295 g/mol. The summed E-state index contributed by atoms with van der Waals surface area (Å²) in [6, 6.07) is 3.20. The molecule has 3 rings (SSSR count). The van der Waals surface area contributed by atoms with Crippen LogP contribution in [0.4, 0.5) is 0 Å². The number of carbonyl (C=O) groups excluding carboxylic acids is 1. The third-order valence-corrected chi connectivity index (χ3v) is 5.48. The summed E-state index contributed by atoms with van der Waals surface area (Å²) >= 11 is 3.05. The van der Waals surface area contributed by atoms with Gasteiger partial charge in [-0.05, 0) is 36.8 Å². The molecular formula is C13H13NO3S2. The van der Waals surface area contributed by atoms with E-state index in [9.17, 15) is 14.7 Å². The number of hydrogen-bond donors (Lipinski definition) is 1. The summed E-state index contributed by atoms with van der Waals surface area (Å²) in [5.41, 5.74) is 0. The number of carbonyl (C=O) groups is 2. The molecule has 2 aromatic heterocycles. The van der Waals surface area contributed by atoms with Crippen LogP contribution in [0.15, 0.2) is 17.5 Å². The zero-order valence-corrected chi connectivity index (χ0v) is 11.8. The Labute approximate surface area is 118 Å². The van der Waals surface area contributed by atoms with E-state index in [1.807, 2.05) is 17.5 Å². The Morgan fingerprint density at radius 1 is 1.32 bits per heavy atom. The molecule has 0 radical (unpaired) electrons. The van der Waals surface area contributed by atoms with Crippen molar-refractivity contribution in [2.45, 2.75) is 25.3 Å². The minimum atomic E-state index is -0.897. The molecule has 1 fully saturated rings. The quantitative estimate of drug-likeness (QED) is 0.926. The van der Waals surface area contributed by atoms with Gasteiger partial charge in [0.05, 0.1) is 4.88 Å². The zero-order chi connectivity index (χ0) is 13.4. The van der Waals surface area contributed by atoms with Crippen molar-refractivity contribution in [2.24, 2.45) is 0 Å². The van der Waals surface area contributed by atoms with E-state index in [0.717, 1.165) is 22.2 Å². The molecule has 1 amide bonds. The fraction of sp³-hybridized carbons (Fsp3) is 0.385. The monoisotopic (exact) mass is 295 g/mol. The number of nitrogens with zero attached hydrogens (tertiary/aromatic N) is 1. The predicted molar refractivity (Wildman–Crippen MR) is 76.0 cm³/mol. The third-order valence-electron chi connectivity index (χ3n) is 3.40. The van der Waals surface area contributed by atoms with Gasteiger partial charge in [0.1, 0.15) is 6.04 Å². The highest BCUT2D eigenvalue weighted by Crippen LogP contribution is 2.31. The highest BCUT2D eigenvalue weighted by Gasteiger charge is 2.33. The minimum Gasteiger partial charge on any atom is -0.480 e. The summed E-state index contributed by atoms with van der Waals surface area (Å²) in [5, 5.41) is 11.2. The molecule has 0 spiro atoms. The second kappa shape index (κ2) is 4.94. The second-order valence-electron chi connectivity index (χ2n) is 4.61. The lowest BCUT2D eigenvalue weighted by Crippen LogP contribution is -2.47. The van der Waals surface area contributed by atoms with E-state index in [-0.39, 0.29) is 5.91 Å². The molecule has 1 aliphatic rings. The van der Waals surface area contributed by atoms with Gasteiger partial charge in [0.2, 0.25) is 0 Å². The molecule has 6 heteroatoms. The number of fused-ring (bicyclic) bond motifs is 1. The van der Waals surface area contributed by atoms with Crippen LogP contribution < -0.4 is 0 Å². The molecule has 0 aliphatic carbocycles. The normalized spacial score (nSPS) is 19.8. The maximum atomic E-state index is 12.5. The van der Waals surface area contributed by atoms with Gasteiger partial charge in [-0.1, -0.05) is 0 Å². The van der Waals surface area contributed by atoms with Crippen molar-refractivity contribution in [3.8, 4) is 0 Å². The fourth-order valence-corrected chi connectivity index (χ4v) is 4.51. The van der Waals surface area contributed by atoms with Crippen LogP contribution >= 0.6 is 22.7 Å². The standard InChI is InChI=1S/C13H13NO3S2/c15-12(11-7-10-9(19-11)4-6-18-10)14-5-2-1-3-8(14)13(16)17/h4,6-8H,1-3,5H2,(H,16,17)/t8-/m0/s1. The zero-order valence-electron chi connectivity index (χ0n) is 10.2. The Hall–Kier alpha value is -1.40. The van der Waals surface area contributed by atoms with Crippen LogP contribution in [-0.4, -0.2) is 34.5 Å². The average Bonchev–Trinajstić information content (AvgIpc) is 2.98. The van der Waals surface area contributed by atoms with Crippen molar-refractivity contribution >= 4 is 43.9 Å².